The summed E-state index contributed by atoms with van der Waals surface area (Å²) >= 11 is 0. The van der Waals surface area contributed by atoms with Gasteiger partial charge in [0.25, 0.3) is 0 Å². The molecule has 0 amide bonds. The maximum absolute atomic E-state index is 5.61. The van der Waals surface area contributed by atoms with Gasteiger partial charge >= 0.3 is 0 Å². The molecular formula is C12H23N3O. The van der Waals surface area contributed by atoms with Crippen molar-refractivity contribution in [1.82, 2.24) is 15.5 Å². The highest BCUT2D eigenvalue weighted by Gasteiger charge is 2.21. The van der Waals surface area contributed by atoms with E-state index in [0.717, 1.165) is 31.2 Å². The van der Waals surface area contributed by atoms with Crippen molar-refractivity contribution in [2.24, 2.45) is 0 Å². The Bertz CT molecular complexity index is 312. The molecule has 92 valence electrons. The number of rotatable bonds is 5. The average molecular weight is 225 g/mol. The van der Waals surface area contributed by atoms with Gasteiger partial charge in [-0.2, -0.15) is 0 Å². The molecule has 1 heterocycles. The summed E-state index contributed by atoms with van der Waals surface area (Å²) < 4.78 is 5.61. The molecule has 0 fully saturated rings. The Morgan fingerprint density at radius 2 is 1.94 bits per heavy atom. The van der Waals surface area contributed by atoms with Crippen molar-refractivity contribution >= 4 is 0 Å². The number of aryl methyl sites for hydroxylation is 1. The Balaban J connectivity index is 2.36. The summed E-state index contributed by atoms with van der Waals surface area (Å²) in [4.78, 5) is 0. The first-order valence-electron chi connectivity index (χ1n) is 5.96. The molecule has 0 aromatic carbocycles. The molecule has 0 aliphatic carbocycles. The summed E-state index contributed by atoms with van der Waals surface area (Å²) in [5.41, 5.74) is -0.0541. The zero-order valence-corrected chi connectivity index (χ0v) is 11.0. The van der Waals surface area contributed by atoms with Gasteiger partial charge < -0.3 is 9.73 Å². The molecule has 1 aromatic heterocycles. The van der Waals surface area contributed by atoms with Crippen LogP contribution in [0.5, 0.6) is 0 Å². The predicted octanol–water partition coefficient (Wildman–Crippen LogP) is 2.30. The third-order valence-electron chi connectivity index (χ3n) is 2.23. The van der Waals surface area contributed by atoms with Crippen molar-refractivity contribution in [3.63, 3.8) is 0 Å². The van der Waals surface area contributed by atoms with E-state index in [2.05, 4.69) is 50.1 Å². The topological polar surface area (TPSA) is 51.0 Å². The molecule has 16 heavy (non-hydrogen) atoms. The van der Waals surface area contributed by atoms with Crippen molar-refractivity contribution in [1.29, 1.82) is 0 Å². The van der Waals surface area contributed by atoms with Crippen molar-refractivity contribution in [2.45, 2.75) is 58.9 Å². The minimum Gasteiger partial charge on any atom is -0.425 e. The van der Waals surface area contributed by atoms with Crippen LogP contribution in [0.15, 0.2) is 4.42 Å². The Hall–Kier alpha value is -0.900. The van der Waals surface area contributed by atoms with Crippen molar-refractivity contribution in [3.8, 4) is 0 Å². The highest BCUT2D eigenvalue weighted by atomic mass is 16.4. The number of hydrogen-bond acceptors (Lipinski definition) is 4. The number of aromatic nitrogens is 2. The Kier molecular flexibility index (Phi) is 4.47. The molecule has 0 bridgehead atoms. The zero-order chi connectivity index (χ0) is 12.2. The predicted molar refractivity (Wildman–Crippen MR) is 64.5 cm³/mol. The van der Waals surface area contributed by atoms with E-state index in [0.29, 0.717) is 6.04 Å². The fourth-order valence-corrected chi connectivity index (χ4v) is 1.29. The van der Waals surface area contributed by atoms with Gasteiger partial charge in [-0.05, 0) is 13.0 Å². The molecule has 4 nitrogen and oxygen atoms in total. The Morgan fingerprint density at radius 3 is 2.44 bits per heavy atom. The fraction of sp³-hybridized carbons (Fsp3) is 0.833. The first kappa shape index (κ1) is 13.2. The molecule has 1 rings (SSSR count). The van der Waals surface area contributed by atoms with Crippen LogP contribution in [0.1, 0.15) is 52.8 Å². The minimum atomic E-state index is -0.0541. The summed E-state index contributed by atoms with van der Waals surface area (Å²) in [6, 6.07) is 0.535. The van der Waals surface area contributed by atoms with Crippen LogP contribution >= 0.6 is 0 Å². The lowest BCUT2D eigenvalue weighted by atomic mass is 9.97. The smallest absolute Gasteiger partial charge is 0.221 e. The van der Waals surface area contributed by atoms with Crippen molar-refractivity contribution in [2.75, 3.05) is 6.54 Å². The summed E-state index contributed by atoms with van der Waals surface area (Å²) in [5.74, 6) is 1.47. The molecule has 0 saturated carbocycles. The largest absolute Gasteiger partial charge is 0.425 e. The third kappa shape index (κ3) is 4.31. The highest BCUT2D eigenvalue weighted by Crippen LogP contribution is 2.20. The second kappa shape index (κ2) is 5.43. The van der Waals surface area contributed by atoms with Crippen LogP contribution < -0.4 is 5.32 Å². The van der Waals surface area contributed by atoms with E-state index in [9.17, 15) is 0 Å². The van der Waals surface area contributed by atoms with E-state index < -0.39 is 0 Å². The zero-order valence-electron chi connectivity index (χ0n) is 11.0. The van der Waals surface area contributed by atoms with E-state index in [4.69, 9.17) is 4.42 Å². The lowest BCUT2D eigenvalue weighted by Crippen LogP contribution is -2.23. The van der Waals surface area contributed by atoms with Gasteiger partial charge in [0.15, 0.2) is 0 Å². The SMILES string of the molecule is CC(C)NCCCc1nnc(C(C)(C)C)o1. The maximum atomic E-state index is 5.61. The van der Waals surface area contributed by atoms with Gasteiger partial charge in [-0.3, -0.25) is 0 Å². The summed E-state index contributed by atoms with van der Waals surface area (Å²) in [6.07, 6.45) is 1.88. The molecule has 1 aromatic rings. The van der Waals surface area contributed by atoms with Gasteiger partial charge in [0.05, 0.1) is 0 Å². The van der Waals surface area contributed by atoms with Crippen LogP contribution in [0.2, 0.25) is 0 Å². The summed E-state index contributed by atoms with van der Waals surface area (Å²) in [6.45, 7) is 11.5. The first-order chi connectivity index (χ1) is 7.39. The summed E-state index contributed by atoms with van der Waals surface area (Å²) in [7, 11) is 0. The maximum Gasteiger partial charge on any atom is 0.221 e. The number of nitrogens with zero attached hydrogens (tertiary/aromatic N) is 2. The van der Waals surface area contributed by atoms with Crippen LogP contribution in [-0.2, 0) is 11.8 Å². The minimum absolute atomic E-state index is 0.0541. The van der Waals surface area contributed by atoms with Gasteiger partial charge in [-0.1, -0.05) is 34.6 Å². The van der Waals surface area contributed by atoms with Crippen molar-refractivity contribution < 1.29 is 4.42 Å². The van der Waals surface area contributed by atoms with Crippen LogP contribution in [0.3, 0.4) is 0 Å². The molecular weight excluding hydrogens is 202 g/mol. The van der Waals surface area contributed by atoms with Crippen LogP contribution in [0.4, 0.5) is 0 Å². The van der Waals surface area contributed by atoms with Gasteiger partial charge in [0.1, 0.15) is 0 Å². The normalized spacial score (nSPS) is 12.4. The van der Waals surface area contributed by atoms with Crippen LogP contribution in [-0.4, -0.2) is 22.8 Å². The third-order valence-corrected chi connectivity index (χ3v) is 2.23. The second-order valence-corrected chi connectivity index (χ2v) is 5.46. The molecule has 0 radical (unpaired) electrons. The van der Waals surface area contributed by atoms with Gasteiger partial charge in [-0.25, -0.2) is 0 Å². The fourth-order valence-electron chi connectivity index (χ4n) is 1.29. The van der Waals surface area contributed by atoms with Crippen LogP contribution in [0.25, 0.3) is 0 Å². The van der Waals surface area contributed by atoms with E-state index >= 15 is 0 Å². The Labute approximate surface area is 97.8 Å². The molecule has 0 aliphatic heterocycles. The van der Waals surface area contributed by atoms with Gasteiger partial charge in [0, 0.05) is 17.9 Å². The molecule has 1 N–H and O–H groups in total. The van der Waals surface area contributed by atoms with Crippen LogP contribution in [0, 0.1) is 0 Å². The van der Waals surface area contributed by atoms with Gasteiger partial charge in [0.2, 0.25) is 11.8 Å². The monoisotopic (exact) mass is 225 g/mol. The quantitative estimate of drug-likeness (QED) is 0.781. The molecule has 0 saturated heterocycles. The van der Waals surface area contributed by atoms with E-state index in [-0.39, 0.29) is 5.41 Å². The van der Waals surface area contributed by atoms with Gasteiger partial charge in [-0.15, -0.1) is 10.2 Å². The molecule has 0 unspecified atom stereocenters. The number of hydrogen-bond donors (Lipinski definition) is 1. The molecule has 0 atom stereocenters. The van der Waals surface area contributed by atoms with E-state index in [1.165, 1.54) is 0 Å². The second-order valence-electron chi connectivity index (χ2n) is 5.46. The molecule has 4 heteroatoms. The standard InChI is InChI=1S/C12H23N3O/c1-9(2)13-8-6-7-10-14-15-11(16-10)12(3,4)5/h9,13H,6-8H2,1-5H3. The average Bonchev–Trinajstić information content (AvgIpc) is 2.59. The Morgan fingerprint density at radius 1 is 1.25 bits per heavy atom. The van der Waals surface area contributed by atoms with E-state index in [1.807, 2.05) is 0 Å². The van der Waals surface area contributed by atoms with Crippen molar-refractivity contribution in [3.05, 3.63) is 11.8 Å². The molecule has 0 spiro atoms. The van der Waals surface area contributed by atoms with E-state index in [1.54, 1.807) is 0 Å². The first-order valence-corrected chi connectivity index (χ1v) is 5.96. The lowest BCUT2D eigenvalue weighted by molar-refractivity contribution is 0.368. The number of nitrogens with one attached hydrogen (secondary N) is 1. The highest BCUT2D eigenvalue weighted by molar-refractivity contribution is 4.96. The summed E-state index contributed by atoms with van der Waals surface area (Å²) in [5, 5.41) is 11.5. The molecule has 0 aliphatic rings. The lowest BCUT2D eigenvalue weighted by Gasteiger charge is -2.11.